The Labute approximate surface area is 110 Å². The van der Waals surface area contributed by atoms with E-state index in [0.717, 1.165) is 13.0 Å². The fourth-order valence-electron chi connectivity index (χ4n) is 1.48. The number of nitrogens with zero attached hydrogens (tertiary/aromatic N) is 2. The van der Waals surface area contributed by atoms with Crippen molar-refractivity contribution in [3.05, 3.63) is 36.1 Å². The molecule has 3 N–H and O–H groups in total. The van der Waals surface area contributed by atoms with Crippen molar-refractivity contribution in [3.8, 4) is 11.6 Å². The van der Waals surface area contributed by atoms with Gasteiger partial charge in [0.1, 0.15) is 5.82 Å². The summed E-state index contributed by atoms with van der Waals surface area (Å²) in [4.78, 5) is 7.93. The van der Waals surface area contributed by atoms with E-state index >= 15 is 0 Å². The third-order valence-corrected chi connectivity index (χ3v) is 2.33. The minimum Gasteiger partial charge on any atom is -0.436 e. The fourth-order valence-corrected chi connectivity index (χ4v) is 1.48. The van der Waals surface area contributed by atoms with Crippen LogP contribution in [0.4, 0.5) is 16.2 Å². The van der Waals surface area contributed by atoms with E-state index < -0.39 is 5.82 Å². The zero-order valence-corrected chi connectivity index (χ0v) is 10.6. The third kappa shape index (κ3) is 3.54. The summed E-state index contributed by atoms with van der Waals surface area (Å²) in [6.45, 7) is 2.80. The van der Waals surface area contributed by atoms with Gasteiger partial charge >= 0.3 is 0 Å². The average Bonchev–Trinajstić information content (AvgIpc) is 2.38. The van der Waals surface area contributed by atoms with Crippen LogP contribution >= 0.6 is 0 Å². The predicted octanol–water partition coefficient (Wildman–Crippen LogP) is 2.81. The molecule has 1 aromatic carbocycles. The Morgan fingerprint density at radius 3 is 2.84 bits per heavy atom. The second-order valence-electron chi connectivity index (χ2n) is 3.91. The molecule has 0 unspecified atom stereocenters. The van der Waals surface area contributed by atoms with Gasteiger partial charge in [0.05, 0.1) is 0 Å². The summed E-state index contributed by atoms with van der Waals surface area (Å²) in [5.41, 5.74) is 5.59. The molecule has 0 atom stereocenters. The first-order valence-corrected chi connectivity index (χ1v) is 6.00. The Hall–Kier alpha value is -2.37. The van der Waals surface area contributed by atoms with E-state index in [2.05, 4.69) is 15.3 Å². The number of hydrogen-bond acceptors (Lipinski definition) is 5. The maximum absolute atomic E-state index is 13.5. The Bertz CT molecular complexity index is 562. The minimum absolute atomic E-state index is 0.0763. The Balaban J connectivity index is 2.20. The number of nitrogens with two attached hydrogens (primary N) is 1. The molecule has 100 valence electrons. The lowest BCUT2D eigenvalue weighted by atomic mass is 10.3. The fraction of sp³-hybridized carbons (Fsp3) is 0.231. The van der Waals surface area contributed by atoms with Gasteiger partial charge in [-0.3, -0.25) is 0 Å². The largest absolute Gasteiger partial charge is 0.436 e. The van der Waals surface area contributed by atoms with Crippen molar-refractivity contribution in [2.75, 3.05) is 17.6 Å². The molecule has 0 fully saturated rings. The number of halogens is 1. The highest BCUT2D eigenvalue weighted by Gasteiger charge is 2.07. The van der Waals surface area contributed by atoms with Crippen LogP contribution in [-0.4, -0.2) is 16.5 Å². The zero-order valence-electron chi connectivity index (χ0n) is 10.6. The van der Waals surface area contributed by atoms with Gasteiger partial charge in [0, 0.05) is 12.6 Å². The number of para-hydroxylation sites is 1. The van der Waals surface area contributed by atoms with Crippen molar-refractivity contribution in [2.45, 2.75) is 13.3 Å². The Morgan fingerprint density at radius 2 is 2.11 bits per heavy atom. The first kappa shape index (κ1) is 13.1. The number of ether oxygens (including phenoxy) is 1. The molecule has 0 amide bonds. The molecule has 0 radical (unpaired) electrons. The van der Waals surface area contributed by atoms with E-state index in [1.807, 2.05) is 6.92 Å². The van der Waals surface area contributed by atoms with Crippen LogP contribution in [0.3, 0.4) is 0 Å². The average molecular weight is 262 g/mol. The summed E-state index contributed by atoms with van der Waals surface area (Å²) in [5.74, 6) is 0.481. The highest BCUT2D eigenvalue weighted by Crippen LogP contribution is 2.24. The molecule has 0 aliphatic carbocycles. The summed E-state index contributed by atoms with van der Waals surface area (Å²) >= 11 is 0. The van der Waals surface area contributed by atoms with Crippen LogP contribution in [-0.2, 0) is 0 Å². The van der Waals surface area contributed by atoms with Crippen LogP contribution in [0.2, 0.25) is 0 Å². The smallest absolute Gasteiger partial charge is 0.226 e. The van der Waals surface area contributed by atoms with Gasteiger partial charge in [-0.2, -0.15) is 9.97 Å². The maximum Gasteiger partial charge on any atom is 0.226 e. The second-order valence-corrected chi connectivity index (χ2v) is 3.91. The number of aromatic nitrogens is 2. The molecule has 1 heterocycles. The van der Waals surface area contributed by atoms with Gasteiger partial charge < -0.3 is 15.8 Å². The monoisotopic (exact) mass is 262 g/mol. The summed E-state index contributed by atoms with van der Waals surface area (Å²) in [6.07, 6.45) is 0.952. The van der Waals surface area contributed by atoms with Crippen LogP contribution in [0, 0.1) is 5.82 Å². The van der Waals surface area contributed by atoms with Gasteiger partial charge in [0.15, 0.2) is 11.6 Å². The summed E-state index contributed by atoms with van der Waals surface area (Å²) in [5, 5.41) is 3.07. The van der Waals surface area contributed by atoms with Gasteiger partial charge in [-0.1, -0.05) is 19.1 Å². The van der Waals surface area contributed by atoms with Crippen molar-refractivity contribution < 1.29 is 9.13 Å². The molecular formula is C13H15FN4O. The van der Waals surface area contributed by atoms with E-state index in [1.54, 1.807) is 18.2 Å². The molecule has 0 saturated heterocycles. The molecule has 0 aliphatic rings. The molecular weight excluding hydrogens is 247 g/mol. The van der Waals surface area contributed by atoms with E-state index in [0.29, 0.717) is 5.82 Å². The molecule has 2 rings (SSSR count). The molecule has 1 aromatic heterocycles. The van der Waals surface area contributed by atoms with Gasteiger partial charge in [-0.15, -0.1) is 0 Å². The summed E-state index contributed by atoms with van der Waals surface area (Å²) in [6, 6.07) is 7.69. The molecule has 0 aliphatic heterocycles. The lowest BCUT2D eigenvalue weighted by Gasteiger charge is -2.09. The van der Waals surface area contributed by atoms with Crippen molar-refractivity contribution >= 4 is 11.8 Å². The molecule has 5 nitrogen and oxygen atoms in total. The lowest BCUT2D eigenvalue weighted by Crippen LogP contribution is -2.05. The molecule has 0 bridgehead atoms. The van der Waals surface area contributed by atoms with Gasteiger partial charge in [-0.05, 0) is 18.6 Å². The van der Waals surface area contributed by atoms with Gasteiger partial charge in [0.2, 0.25) is 11.8 Å². The van der Waals surface area contributed by atoms with E-state index in [-0.39, 0.29) is 17.6 Å². The van der Waals surface area contributed by atoms with Crippen molar-refractivity contribution in [3.63, 3.8) is 0 Å². The lowest BCUT2D eigenvalue weighted by molar-refractivity contribution is 0.427. The first-order chi connectivity index (χ1) is 9.19. The SMILES string of the molecule is CCCNc1cc(Oc2ccccc2F)nc(N)n1. The molecule has 6 heteroatoms. The Morgan fingerprint density at radius 1 is 1.32 bits per heavy atom. The van der Waals surface area contributed by atoms with E-state index in [9.17, 15) is 4.39 Å². The molecule has 0 saturated carbocycles. The standard InChI is InChI=1S/C13H15FN4O/c1-2-7-16-11-8-12(18-13(15)17-11)19-10-6-4-3-5-9(10)14/h3-6,8H,2,7H2,1H3,(H3,15,16,17,18). The summed E-state index contributed by atoms with van der Waals surface area (Å²) in [7, 11) is 0. The topological polar surface area (TPSA) is 73.1 Å². The second kappa shape index (κ2) is 5.99. The highest BCUT2D eigenvalue weighted by atomic mass is 19.1. The number of rotatable bonds is 5. The van der Waals surface area contributed by atoms with Crippen LogP contribution in [0.1, 0.15) is 13.3 Å². The van der Waals surface area contributed by atoms with Crippen LogP contribution < -0.4 is 15.8 Å². The van der Waals surface area contributed by atoms with Crippen molar-refractivity contribution in [1.29, 1.82) is 0 Å². The number of nitrogens with one attached hydrogen (secondary N) is 1. The number of benzene rings is 1. The van der Waals surface area contributed by atoms with Crippen LogP contribution in [0.15, 0.2) is 30.3 Å². The molecule has 0 spiro atoms. The van der Waals surface area contributed by atoms with Gasteiger partial charge in [0.25, 0.3) is 0 Å². The van der Waals surface area contributed by atoms with E-state index in [4.69, 9.17) is 10.5 Å². The quantitative estimate of drug-likeness (QED) is 0.866. The first-order valence-electron chi connectivity index (χ1n) is 6.00. The summed E-state index contributed by atoms with van der Waals surface area (Å²) < 4.78 is 18.8. The highest BCUT2D eigenvalue weighted by molar-refractivity contribution is 5.44. The van der Waals surface area contributed by atoms with Crippen molar-refractivity contribution in [2.24, 2.45) is 0 Å². The van der Waals surface area contributed by atoms with Gasteiger partial charge in [-0.25, -0.2) is 4.39 Å². The van der Waals surface area contributed by atoms with Crippen molar-refractivity contribution in [1.82, 2.24) is 9.97 Å². The predicted molar refractivity (Wildman–Crippen MR) is 71.7 cm³/mol. The maximum atomic E-state index is 13.5. The zero-order chi connectivity index (χ0) is 13.7. The third-order valence-electron chi connectivity index (χ3n) is 2.33. The minimum atomic E-state index is -0.456. The normalized spacial score (nSPS) is 10.2. The van der Waals surface area contributed by atoms with E-state index in [1.165, 1.54) is 12.1 Å². The number of nitrogen functional groups attached to an aromatic ring is 1. The number of anilines is 2. The molecule has 19 heavy (non-hydrogen) atoms. The Kier molecular flexibility index (Phi) is 4.12. The number of hydrogen-bond donors (Lipinski definition) is 2. The van der Waals surface area contributed by atoms with Crippen LogP contribution in [0.5, 0.6) is 11.6 Å². The molecule has 2 aromatic rings. The van der Waals surface area contributed by atoms with Crippen LogP contribution in [0.25, 0.3) is 0 Å².